The van der Waals surface area contributed by atoms with E-state index in [1.807, 2.05) is 29.2 Å². The molecule has 4 rings (SSSR count). The number of anilines is 1. The fourth-order valence-electron chi connectivity index (χ4n) is 4.03. The Morgan fingerprint density at radius 1 is 1.00 bits per heavy atom. The third-order valence-corrected chi connectivity index (χ3v) is 5.93. The van der Waals surface area contributed by atoms with Crippen molar-refractivity contribution in [1.82, 2.24) is 9.80 Å². The number of ether oxygens (including phenoxy) is 1. The van der Waals surface area contributed by atoms with E-state index in [9.17, 15) is 14.4 Å². The number of amides is 2. The van der Waals surface area contributed by atoms with Crippen LogP contribution in [0.4, 0.5) is 5.69 Å². The number of likely N-dealkylation sites (N-methyl/N-ethyl adjacent to an activating group) is 1. The molecule has 162 valence electrons. The second-order valence-corrected chi connectivity index (χ2v) is 7.93. The molecule has 2 aliphatic heterocycles. The minimum atomic E-state index is -0.180. The van der Waals surface area contributed by atoms with Gasteiger partial charge in [-0.25, -0.2) is 0 Å². The number of Topliss-reactive ketones (excluding diaryl/α,β-unsaturated/α-hetero) is 1. The first-order valence-corrected chi connectivity index (χ1v) is 10.6. The Morgan fingerprint density at radius 3 is 2.48 bits per heavy atom. The average Bonchev–Trinajstić information content (AvgIpc) is 2.80. The lowest BCUT2D eigenvalue weighted by molar-refractivity contribution is -0.121. The Hall–Kier alpha value is -3.19. The average molecular weight is 421 g/mol. The van der Waals surface area contributed by atoms with E-state index in [0.29, 0.717) is 29.1 Å². The minimum absolute atomic E-state index is 0.0187. The molecule has 0 spiro atoms. The quantitative estimate of drug-likeness (QED) is 0.694. The van der Waals surface area contributed by atoms with Gasteiger partial charge >= 0.3 is 0 Å². The van der Waals surface area contributed by atoms with Crippen LogP contribution in [0.5, 0.6) is 5.75 Å². The van der Waals surface area contributed by atoms with E-state index in [4.69, 9.17) is 4.74 Å². The minimum Gasteiger partial charge on any atom is -0.482 e. The number of ketones is 1. The second kappa shape index (κ2) is 8.89. The van der Waals surface area contributed by atoms with Crippen molar-refractivity contribution >= 4 is 23.3 Å². The van der Waals surface area contributed by atoms with Gasteiger partial charge in [-0.05, 0) is 49.4 Å². The van der Waals surface area contributed by atoms with Gasteiger partial charge in [0.25, 0.3) is 11.8 Å². The molecular weight excluding hydrogens is 394 g/mol. The number of benzene rings is 2. The van der Waals surface area contributed by atoms with Crippen molar-refractivity contribution in [2.75, 3.05) is 44.2 Å². The summed E-state index contributed by atoms with van der Waals surface area (Å²) in [5, 5.41) is 0. The van der Waals surface area contributed by atoms with Crippen LogP contribution >= 0.6 is 0 Å². The summed E-state index contributed by atoms with van der Waals surface area (Å²) in [6, 6.07) is 12.5. The Balaban J connectivity index is 1.54. The molecule has 0 radical (unpaired) electrons. The molecule has 2 aromatic carbocycles. The maximum absolute atomic E-state index is 13.0. The van der Waals surface area contributed by atoms with E-state index in [1.165, 1.54) is 6.92 Å². The molecule has 7 heteroatoms. The number of rotatable bonds is 5. The third kappa shape index (κ3) is 4.46. The van der Waals surface area contributed by atoms with Crippen LogP contribution in [0.3, 0.4) is 0 Å². The predicted molar refractivity (Wildman–Crippen MR) is 118 cm³/mol. The molecule has 1 fully saturated rings. The fraction of sp³-hybridized carbons (Fsp3) is 0.375. The van der Waals surface area contributed by atoms with E-state index in [1.54, 1.807) is 23.1 Å². The van der Waals surface area contributed by atoms with E-state index < -0.39 is 0 Å². The van der Waals surface area contributed by atoms with Crippen LogP contribution in [0.15, 0.2) is 42.5 Å². The Morgan fingerprint density at radius 2 is 1.77 bits per heavy atom. The summed E-state index contributed by atoms with van der Waals surface area (Å²) in [5.74, 6) is 0.341. The maximum atomic E-state index is 13.0. The molecule has 2 aliphatic rings. The van der Waals surface area contributed by atoms with Crippen LogP contribution in [0.2, 0.25) is 0 Å². The Kier molecular flexibility index (Phi) is 6.04. The highest BCUT2D eigenvalue weighted by Gasteiger charge is 2.27. The number of nitrogens with zero attached hydrogens (tertiary/aromatic N) is 3. The zero-order chi connectivity index (χ0) is 22.0. The molecule has 0 bridgehead atoms. The smallest absolute Gasteiger partial charge is 0.265 e. The molecule has 0 atom stereocenters. The number of carbonyl (C=O) groups excluding carboxylic acids is 3. The maximum Gasteiger partial charge on any atom is 0.265 e. The molecule has 0 aliphatic carbocycles. The lowest BCUT2D eigenvalue weighted by Crippen LogP contribution is -2.48. The van der Waals surface area contributed by atoms with Gasteiger partial charge in [0.15, 0.2) is 12.4 Å². The summed E-state index contributed by atoms with van der Waals surface area (Å²) in [7, 11) is 0. The van der Waals surface area contributed by atoms with Gasteiger partial charge in [0.05, 0.1) is 12.2 Å². The Bertz CT molecular complexity index is 1010. The highest BCUT2D eigenvalue weighted by molar-refractivity contribution is 6.01. The zero-order valence-corrected chi connectivity index (χ0v) is 18.0. The second-order valence-electron chi connectivity index (χ2n) is 7.93. The summed E-state index contributed by atoms with van der Waals surface area (Å²) in [6.07, 6.45) is 0. The molecule has 2 aromatic rings. The standard InChI is InChI=1S/C24H27N3O4/c1-3-25-9-11-26(12-10-25)24(30)20-6-4-5-18(13-20)15-27-21-14-19(17(2)28)7-8-22(21)31-16-23(27)29/h4-8,13-14H,3,9-12,15-16H2,1-2H3. The molecule has 7 nitrogen and oxygen atoms in total. The van der Waals surface area contributed by atoms with Crippen LogP contribution in [0.25, 0.3) is 0 Å². The number of fused-ring (bicyclic) bond motifs is 1. The van der Waals surface area contributed by atoms with Crippen molar-refractivity contribution in [3.05, 3.63) is 59.2 Å². The van der Waals surface area contributed by atoms with Gasteiger partial charge in [-0.15, -0.1) is 0 Å². The van der Waals surface area contributed by atoms with Crippen molar-refractivity contribution in [3.63, 3.8) is 0 Å². The van der Waals surface area contributed by atoms with Gasteiger partial charge in [-0.1, -0.05) is 19.1 Å². The molecule has 2 heterocycles. The van der Waals surface area contributed by atoms with Gasteiger partial charge in [-0.2, -0.15) is 0 Å². The third-order valence-electron chi connectivity index (χ3n) is 5.93. The molecule has 2 amide bonds. The highest BCUT2D eigenvalue weighted by Crippen LogP contribution is 2.34. The SMILES string of the molecule is CCN1CCN(C(=O)c2cccc(CN3C(=O)COc4ccc(C(C)=O)cc43)c2)CC1. The molecule has 31 heavy (non-hydrogen) atoms. The number of piperazine rings is 1. The van der Waals surface area contributed by atoms with Crippen LogP contribution in [0, 0.1) is 0 Å². The highest BCUT2D eigenvalue weighted by atomic mass is 16.5. The molecular formula is C24H27N3O4. The summed E-state index contributed by atoms with van der Waals surface area (Å²) in [4.78, 5) is 43.2. The van der Waals surface area contributed by atoms with Crippen LogP contribution in [-0.2, 0) is 11.3 Å². The molecule has 0 saturated carbocycles. The van der Waals surface area contributed by atoms with Crippen LogP contribution < -0.4 is 9.64 Å². The van der Waals surface area contributed by atoms with Crippen LogP contribution in [0.1, 0.15) is 40.1 Å². The van der Waals surface area contributed by atoms with Crippen molar-refractivity contribution in [2.45, 2.75) is 20.4 Å². The molecule has 0 aromatic heterocycles. The monoisotopic (exact) mass is 421 g/mol. The predicted octanol–water partition coefficient (Wildman–Crippen LogP) is 2.59. The van der Waals surface area contributed by atoms with Gasteiger partial charge in [0.2, 0.25) is 0 Å². The molecule has 0 N–H and O–H groups in total. The lowest BCUT2D eigenvalue weighted by atomic mass is 10.1. The van der Waals surface area contributed by atoms with Gasteiger partial charge in [0.1, 0.15) is 5.75 Å². The van der Waals surface area contributed by atoms with Gasteiger partial charge < -0.3 is 19.4 Å². The number of carbonyl (C=O) groups is 3. The van der Waals surface area contributed by atoms with E-state index in [2.05, 4.69) is 11.8 Å². The Labute approximate surface area is 182 Å². The van der Waals surface area contributed by atoms with Gasteiger partial charge in [0, 0.05) is 37.3 Å². The zero-order valence-electron chi connectivity index (χ0n) is 18.0. The summed E-state index contributed by atoms with van der Waals surface area (Å²) in [5.41, 5.74) is 2.59. The number of hydrogen-bond acceptors (Lipinski definition) is 5. The summed E-state index contributed by atoms with van der Waals surface area (Å²) < 4.78 is 5.53. The fourth-order valence-corrected chi connectivity index (χ4v) is 4.03. The normalized spacial score (nSPS) is 16.6. The number of hydrogen-bond donors (Lipinski definition) is 0. The summed E-state index contributed by atoms with van der Waals surface area (Å²) in [6.45, 7) is 8.10. The first-order chi connectivity index (χ1) is 15.0. The largest absolute Gasteiger partial charge is 0.482 e. The van der Waals surface area contributed by atoms with Crippen molar-refractivity contribution in [1.29, 1.82) is 0 Å². The first-order valence-electron chi connectivity index (χ1n) is 10.6. The first kappa shape index (κ1) is 21.1. The lowest BCUT2D eigenvalue weighted by Gasteiger charge is -2.34. The van der Waals surface area contributed by atoms with Crippen LogP contribution in [-0.4, -0.2) is 66.7 Å². The van der Waals surface area contributed by atoms with Crippen molar-refractivity contribution < 1.29 is 19.1 Å². The van der Waals surface area contributed by atoms with E-state index in [-0.39, 0.29) is 24.2 Å². The van der Waals surface area contributed by atoms with Crippen molar-refractivity contribution in [3.8, 4) is 5.75 Å². The van der Waals surface area contributed by atoms with Crippen molar-refractivity contribution in [2.24, 2.45) is 0 Å². The molecule has 1 saturated heterocycles. The van der Waals surface area contributed by atoms with E-state index in [0.717, 1.165) is 38.3 Å². The molecule has 0 unspecified atom stereocenters. The van der Waals surface area contributed by atoms with Gasteiger partial charge in [-0.3, -0.25) is 14.4 Å². The topological polar surface area (TPSA) is 70.2 Å². The summed E-state index contributed by atoms with van der Waals surface area (Å²) >= 11 is 0. The van der Waals surface area contributed by atoms with E-state index >= 15 is 0 Å².